The van der Waals surface area contributed by atoms with Gasteiger partial charge >= 0.3 is 5.97 Å². The maximum absolute atomic E-state index is 11.2. The number of carbonyl (C=O) groups is 1. The molecule has 0 saturated carbocycles. The Labute approximate surface area is 126 Å². The van der Waals surface area contributed by atoms with Crippen LogP contribution < -0.4 is 0 Å². The lowest BCUT2D eigenvalue weighted by atomic mass is 10.1. The number of carbonyl (C=O) groups excluding carboxylic acids is 1. The van der Waals surface area contributed by atoms with Crippen molar-refractivity contribution in [2.75, 3.05) is 19.8 Å². The van der Waals surface area contributed by atoms with Crippen molar-refractivity contribution in [1.29, 1.82) is 0 Å². The average Bonchev–Trinajstić information content (AvgIpc) is 2.92. The second kappa shape index (κ2) is 9.71. The quantitative estimate of drug-likeness (QED) is 0.550. The van der Waals surface area contributed by atoms with Crippen LogP contribution in [0.15, 0.2) is 23.3 Å². The molecule has 1 saturated heterocycles. The molecule has 1 fully saturated rings. The van der Waals surface area contributed by atoms with Crippen LogP contribution in [0.25, 0.3) is 0 Å². The summed E-state index contributed by atoms with van der Waals surface area (Å²) in [5, 5.41) is 9.77. The Hall–Kier alpha value is -1.17. The van der Waals surface area contributed by atoms with Crippen LogP contribution >= 0.6 is 0 Å². The number of esters is 1. The molecule has 0 aromatic heterocycles. The van der Waals surface area contributed by atoms with E-state index >= 15 is 0 Å². The van der Waals surface area contributed by atoms with Gasteiger partial charge in [0.15, 0.2) is 6.29 Å². The largest absolute Gasteiger partial charge is 0.466 e. The van der Waals surface area contributed by atoms with Gasteiger partial charge in [0.1, 0.15) is 0 Å². The second-order valence-electron chi connectivity index (χ2n) is 5.15. The number of allylic oxidation sites excluding steroid dienone is 2. The molecular weight excluding hydrogens is 272 g/mol. The molecule has 1 atom stereocenters. The van der Waals surface area contributed by atoms with Crippen LogP contribution in [0.3, 0.4) is 0 Å². The van der Waals surface area contributed by atoms with Crippen LogP contribution in [0.1, 0.15) is 40.0 Å². The van der Waals surface area contributed by atoms with Crippen molar-refractivity contribution in [3.05, 3.63) is 23.3 Å². The van der Waals surface area contributed by atoms with Crippen LogP contribution in [-0.2, 0) is 19.0 Å². The number of aliphatic hydroxyl groups is 1. The van der Waals surface area contributed by atoms with Crippen molar-refractivity contribution in [2.24, 2.45) is 0 Å². The summed E-state index contributed by atoms with van der Waals surface area (Å²) in [5.74, 6) is -0.375. The standard InChI is InChI=1S/C16H26O5/c1-4-19-15(18)11-14(17)10-12(2)6-5-7-13(3)16-20-8-9-21-16/h7,10,14,16-17H,4-6,8-9,11H2,1-3H3/b12-10+,13-7+. The molecule has 120 valence electrons. The highest BCUT2D eigenvalue weighted by Crippen LogP contribution is 2.16. The summed E-state index contributed by atoms with van der Waals surface area (Å²) in [4.78, 5) is 11.2. The molecule has 0 aromatic rings. The molecule has 1 N–H and O–H groups in total. The minimum atomic E-state index is -0.782. The van der Waals surface area contributed by atoms with Crippen molar-refractivity contribution < 1.29 is 24.1 Å². The SMILES string of the molecule is CCOC(=O)CC(O)/C=C(\C)CC/C=C(\C)C1OCCO1. The van der Waals surface area contributed by atoms with E-state index in [-0.39, 0.29) is 18.7 Å². The fraction of sp³-hybridized carbons (Fsp3) is 0.688. The third-order valence-electron chi connectivity index (χ3n) is 3.16. The molecule has 0 bridgehead atoms. The fourth-order valence-corrected chi connectivity index (χ4v) is 2.11. The van der Waals surface area contributed by atoms with E-state index in [0.29, 0.717) is 19.8 Å². The molecule has 0 spiro atoms. The molecule has 1 unspecified atom stereocenters. The maximum atomic E-state index is 11.2. The number of hydrogen-bond acceptors (Lipinski definition) is 5. The van der Waals surface area contributed by atoms with E-state index in [2.05, 4.69) is 6.08 Å². The Balaban J connectivity index is 2.31. The Morgan fingerprint density at radius 1 is 1.38 bits per heavy atom. The Kier molecular flexibility index (Phi) is 8.27. The highest BCUT2D eigenvalue weighted by molar-refractivity contribution is 5.70. The zero-order chi connectivity index (χ0) is 15.7. The van der Waals surface area contributed by atoms with Gasteiger partial charge in [-0.05, 0) is 39.2 Å². The summed E-state index contributed by atoms with van der Waals surface area (Å²) >= 11 is 0. The molecule has 0 radical (unpaired) electrons. The monoisotopic (exact) mass is 298 g/mol. The fourth-order valence-electron chi connectivity index (χ4n) is 2.11. The van der Waals surface area contributed by atoms with Crippen LogP contribution in [0.5, 0.6) is 0 Å². The molecule has 5 heteroatoms. The van der Waals surface area contributed by atoms with Crippen LogP contribution in [-0.4, -0.2) is 43.3 Å². The third kappa shape index (κ3) is 7.41. The predicted octanol–water partition coefficient (Wildman–Crippen LogP) is 2.35. The molecule has 5 nitrogen and oxygen atoms in total. The summed E-state index contributed by atoms with van der Waals surface area (Å²) in [6.07, 6.45) is 4.49. The molecule has 21 heavy (non-hydrogen) atoms. The molecular formula is C16H26O5. The zero-order valence-corrected chi connectivity index (χ0v) is 13.1. The van der Waals surface area contributed by atoms with E-state index in [4.69, 9.17) is 14.2 Å². The first-order valence-corrected chi connectivity index (χ1v) is 7.43. The minimum absolute atomic E-state index is 0.00377. The Morgan fingerprint density at radius 3 is 2.67 bits per heavy atom. The molecule has 0 amide bonds. The lowest BCUT2D eigenvalue weighted by Gasteiger charge is -2.10. The Bertz CT molecular complexity index is 380. The van der Waals surface area contributed by atoms with Crippen molar-refractivity contribution in [3.8, 4) is 0 Å². The van der Waals surface area contributed by atoms with E-state index in [1.54, 1.807) is 13.0 Å². The van der Waals surface area contributed by atoms with Crippen LogP contribution in [0.2, 0.25) is 0 Å². The number of ether oxygens (including phenoxy) is 3. The number of rotatable bonds is 8. The summed E-state index contributed by atoms with van der Waals surface area (Å²) in [6, 6.07) is 0. The molecule has 1 aliphatic rings. The lowest BCUT2D eigenvalue weighted by Crippen LogP contribution is -2.14. The number of hydrogen-bond donors (Lipinski definition) is 1. The first kappa shape index (κ1) is 17.9. The highest BCUT2D eigenvalue weighted by Gasteiger charge is 2.16. The normalized spacial score (nSPS) is 18.9. The highest BCUT2D eigenvalue weighted by atomic mass is 16.7. The lowest BCUT2D eigenvalue weighted by molar-refractivity contribution is -0.144. The van der Waals surface area contributed by atoms with Gasteiger partial charge in [0.2, 0.25) is 0 Å². The third-order valence-corrected chi connectivity index (χ3v) is 3.16. The van der Waals surface area contributed by atoms with Gasteiger partial charge < -0.3 is 19.3 Å². The summed E-state index contributed by atoms with van der Waals surface area (Å²) in [6.45, 7) is 7.32. The predicted molar refractivity (Wildman–Crippen MR) is 79.7 cm³/mol. The Morgan fingerprint density at radius 2 is 2.05 bits per heavy atom. The maximum Gasteiger partial charge on any atom is 0.308 e. The van der Waals surface area contributed by atoms with Gasteiger partial charge in [-0.1, -0.05) is 17.7 Å². The van der Waals surface area contributed by atoms with Crippen LogP contribution in [0, 0.1) is 0 Å². The van der Waals surface area contributed by atoms with Gasteiger partial charge in [0, 0.05) is 0 Å². The summed E-state index contributed by atoms with van der Waals surface area (Å²) in [7, 11) is 0. The van der Waals surface area contributed by atoms with E-state index < -0.39 is 6.10 Å². The van der Waals surface area contributed by atoms with E-state index in [0.717, 1.165) is 24.0 Å². The smallest absolute Gasteiger partial charge is 0.308 e. The average molecular weight is 298 g/mol. The topological polar surface area (TPSA) is 65.0 Å². The van der Waals surface area contributed by atoms with Gasteiger partial charge in [-0.2, -0.15) is 0 Å². The van der Waals surface area contributed by atoms with E-state index in [1.165, 1.54) is 0 Å². The van der Waals surface area contributed by atoms with Crippen molar-refractivity contribution in [2.45, 2.75) is 52.4 Å². The van der Waals surface area contributed by atoms with Crippen molar-refractivity contribution in [3.63, 3.8) is 0 Å². The molecule has 0 aromatic carbocycles. The van der Waals surface area contributed by atoms with Crippen molar-refractivity contribution in [1.82, 2.24) is 0 Å². The molecule has 1 aliphatic heterocycles. The van der Waals surface area contributed by atoms with Gasteiger partial charge in [-0.15, -0.1) is 0 Å². The summed E-state index contributed by atoms with van der Waals surface area (Å²) in [5.41, 5.74) is 2.12. The summed E-state index contributed by atoms with van der Waals surface area (Å²) < 4.78 is 15.6. The van der Waals surface area contributed by atoms with E-state index in [9.17, 15) is 9.90 Å². The minimum Gasteiger partial charge on any atom is -0.466 e. The van der Waals surface area contributed by atoms with Crippen molar-refractivity contribution >= 4 is 5.97 Å². The van der Waals surface area contributed by atoms with E-state index in [1.807, 2.05) is 13.8 Å². The second-order valence-corrected chi connectivity index (χ2v) is 5.15. The zero-order valence-electron chi connectivity index (χ0n) is 13.1. The number of aliphatic hydroxyl groups excluding tert-OH is 1. The molecule has 1 heterocycles. The first-order chi connectivity index (χ1) is 10.0. The van der Waals surface area contributed by atoms with Crippen LogP contribution in [0.4, 0.5) is 0 Å². The van der Waals surface area contributed by atoms with Gasteiger partial charge in [0.25, 0.3) is 0 Å². The van der Waals surface area contributed by atoms with Gasteiger partial charge in [-0.25, -0.2) is 0 Å². The van der Waals surface area contributed by atoms with Gasteiger partial charge in [-0.3, -0.25) is 4.79 Å². The molecule has 0 aliphatic carbocycles. The molecule has 1 rings (SSSR count). The first-order valence-electron chi connectivity index (χ1n) is 7.43. The van der Waals surface area contributed by atoms with Gasteiger partial charge in [0.05, 0.1) is 32.3 Å².